The predicted octanol–water partition coefficient (Wildman–Crippen LogP) is 5.07. The summed E-state index contributed by atoms with van der Waals surface area (Å²) in [6.45, 7) is 1.92. The molecule has 4 rings (SSSR count). The highest BCUT2D eigenvalue weighted by Crippen LogP contribution is 2.39. The van der Waals surface area contributed by atoms with E-state index in [9.17, 15) is 14.7 Å². The van der Waals surface area contributed by atoms with Gasteiger partial charge in [-0.3, -0.25) is 14.8 Å². The van der Waals surface area contributed by atoms with E-state index in [0.29, 0.717) is 37.1 Å². The van der Waals surface area contributed by atoms with Gasteiger partial charge in [0.25, 0.3) is 0 Å². The summed E-state index contributed by atoms with van der Waals surface area (Å²) in [6.07, 6.45) is 2.40. The molecule has 0 aliphatic carbocycles. The van der Waals surface area contributed by atoms with E-state index in [1.807, 2.05) is 55.5 Å². The lowest BCUT2D eigenvalue weighted by Gasteiger charge is -2.36. The Morgan fingerprint density at radius 3 is 2.33 bits per heavy atom. The minimum Gasteiger partial charge on any atom is -0.392 e. The standard InChI is InChI=1S/C28H34N4O6S2/c1-18-30-31-28(40-18)39-17-23-15-24(20-9-7-19(16-33)8-10-20)38-27(37-23)21-11-13-22(14-12-21)29-25(34)5-3-2-4-6-26(35)32-36/h7-14,23-24,27,33,36H,2-6,15-17H2,1H3,(H,29,34)(H,32,35). The van der Waals surface area contributed by atoms with Crippen LogP contribution in [-0.2, 0) is 25.7 Å². The van der Waals surface area contributed by atoms with Crippen molar-refractivity contribution in [2.45, 2.75) is 74.9 Å². The van der Waals surface area contributed by atoms with Gasteiger partial charge >= 0.3 is 0 Å². The Hall–Kier alpha value is -2.87. The van der Waals surface area contributed by atoms with Crippen LogP contribution in [0.4, 0.5) is 5.69 Å². The molecular formula is C28H34N4O6S2. The highest BCUT2D eigenvalue weighted by atomic mass is 32.2. The van der Waals surface area contributed by atoms with Gasteiger partial charge in [0.2, 0.25) is 11.8 Å². The van der Waals surface area contributed by atoms with E-state index >= 15 is 0 Å². The largest absolute Gasteiger partial charge is 0.392 e. The molecule has 1 saturated heterocycles. The smallest absolute Gasteiger partial charge is 0.243 e. The number of unbranched alkanes of at least 4 members (excludes halogenated alkanes) is 2. The third-order valence-electron chi connectivity index (χ3n) is 6.41. The van der Waals surface area contributed by atoms with Gasteiger partial charge in [-0.2, -0.15) is 0 Å². The van der Waals surface area contributed by atoms with Crippen LogP contribution in [0.3, 0.4) is 0 Å². The monoisotopic (exact) mass is 586 g/mol. The second kappa shape index (κ2) is 15.2. The van der Waals surface area contributed by atoms with Crippen molar-refractivity contribution in [2.75, 3.05) is 11.1 Å². The van der Waals surface area contributed by atoms with E-state index < -0.39 is 12.2 Å². The number of nitrogens with one attached hydrogen (secondary N) is 2. The van der Waals surface area contributed by atoms with E-state index in [1.54, 1.807) is 28.6 Å². The summed E-state index contributed by atoms with van der Waals surface area (Å²) in [5, 5.41) is 30.1. The molecule has 10 nitrogen and oxygen atoms in total. The average molecular weight is 587 g/mol. The number of carbonyl (C=O) groups is 2. The number of aliphatic hydroxyl groups excluding tert-OH is 1. The third-order valence-corrected chi connectivity index (χ3v) is 8.52. The Morgan fingerprint density at radius 2 is 1.68 bits per heavy atom. The molecule has 1 aliphatic heterocycles. The van der Waals surface area contributed by atoms with Crippen LogP contribution in [0.1, 0.15) is 72.6 Å². The first-order valence-corrected chi connectivity index (χ1v) is 15.0. The van der Waals surface area contributed by atoms with Gasteiger partial charge in [0.1, 0.15) is 5.01 Å². The lowest BCUT2D eigenvalue weighted by atomic mass is 10.0. The first-order valence-electron chi connectivity index (χ1n) is 13.2. The van der Waals surface area contributed by atoms with Gasteiger partial charge in [-0.05, 0) is 43.0 Å². The highest BCUT2D eigenvalue weighted by Gasteiger charge is 2.32. The molecule has 0 spiro atoms. The Kier molecular flexibility index (Phi) is 11.5. The number of nitrogens with zero attached hydrogens (tertiary/aromatic N) is 2. The summed E-state index contributed by atoms with van der Waals surface area (Å²) in [5.41, 5.74) is 5.00. The SMILES string of the molecule is Cc1nnc(SCC2CC(c3ccc(CO)cc3)OC(c3ccc(NC(=O)CCCCCC(=O)NO)cc3)O2)s1. The molecule has 0 saturated carbocycles. The molecule has 2 heterocycles. The van der Waals surface area contributed by atoms with E-state index in [1.165, 1.54) is 0 Å². The predicted molar refractivity (Wildman–Crippen MR) is 152 cm³/mol. The number of aliphatic hydroxyl groups is 1. The molecule has 1 aliphatic rings. The zero-order valence-corrected chi connectivity index (χ0v) is 23.9. The van der Waals surface area contributed by atoms with Crippen molar-refractivity contribution in [1.29, 1.82) is 0 Å². The van der Waals surface area contributed by atoms with Gasteiger partial charge in [0, 0.05) is 36.3 Å². The van der Waals surface area contributed by atoms with Crippen molar-refractivity contribution >= 4 is 40.6 Å². The molecule has 1 aromatic heterocycles. The summed E-state index contributed by atoms with van der Waals surface area (Å²) in [7, 11) is 0. The first kappa shape index (κ1) is 30.1. The second-order valence-electron chi connectivity index (χ2n) is 9.51. The van der Waals surface area contributed by atoms with Gasteiger partial charge < -0.3 is 19.9 Å². The van der Waals surface area contributed by atoms with Gasteiger partial charge in [-0.1, -0.05) is 65.9 Å². The van der Waals surface area contributed by atoms with Crippen LogP contribution in [0.5, 0.6) is 0 Å². The van der Waals surface area contributed by atoms with Crippen LogP contribution < -0.4 is 10.8 Å². The van der Waals surface area contributed by atoms with Crippen LogP contribution in [-0.4, -0.2) is 44.2 Å². The summed E-state index contributed by atoms with van der Waals surface area (Å²) < 4.78 is 13.7. The fourth-order valence-electron chi connectivity index (χ4n) is 4.27. The van der Waals surface area contributed by atoms with Crippen molar-refractivity contribution in [3.63, 3.8) is 0 Å². The zero-order chi connectivity index (χ0) is 28.3. The summed E-state index contributed by atoms with van der Waals surface area (Å²) in [4.78, 5) is 23.4. The molecule has 4 N–H and O–H groups in total. The van der Waals surface area contributed by atoms with Crippen molar-refractivity contribution in [1.82, 2.24) is 15.7 Å². The topological polar surface area (TPSA) is 143 Å². The van der Waals surface area contributed by atoms with Crippen LogP contribution in [0.25, 0.3) is 0 Å². The number of hydrogen-bond donors (Lipinski definition) is 4. The van der Waals surface area contributed by atoms with E-state index in [4.69, 9.17) is 14.7 Å². The molecule has 2 aromatic carbocycles. The normalized spacial score (nSPS) is 18.8. The molecule has 0 bridgehead atoms. The Bertz CT molecular complexity index is 1240. The van der Waals surface area contributed by atoms with Crippen molar-refractivity contribution in [2.24, 2.45) is 0 Å². The Labute approximate surface area is 241 Å². The van der Waals surface area contributed by atoms with Crippen molar-refractivity contribution in [3.05, 3.63) is 70.2 Å². The molecule has 0 radical (unpaired) electrons. The van der Waals surface area contributed by atoms with Crippen molar-refractivity contribution < 1.29 is 29.4 Å². The molecule has 3 atom stereocenters. The number of amides is 2. The number of rotatable bonds is 13. The second-order valence-corrected chi connectivity index (χ2v) is 12.0. The summed E-state index contributed by atoms with van der Waals surface area (Å²) >= 11 is 3.18. The number of hydrogen-bond acceptors (Lipinski definition) is 10. The average Bonchev–Trinajstić information content (AvgIpc) is 3.41. The van der Waals surface area contributed by atoms with Gasteiger partial charge in [-0.15, -0.1) is 10.2 Å². The minimum atomic E-state index is -0.584. The fourth-order valence-corrected chi connectivity index (χ4v) is 6.13. The minimum absolute atomic E-state index is 0.00961. The maximum absolute atomic E-state index is 12.3. The lowest BCUT2D eigenvalue weighted by molar-refractivity contribution is -0.245. The van der Waals surface area contributed by atoms with E-state index in [-0.39, 0.29) is 31.1 Å². The van der Waals surface area contributed by atoms with Crippen LogP contribution in [0.15, 0.2) is 52.9 Å². The Balaban J connectivity index is 1.36. The maximum atomic E-state index is 12.3. The molecule has 3 aromatic rings. The number of anilines is 1. The fraction of sp³-hybridized carbons (Fsp3) is 0.429. The maximum Gasteiger partial charge on any atom is 0.243 e. The molecule has 3 unspecified atom stereocenters. The number of aryl methyl sites for hydroxylation is 1. The lowest BCUT2D eigenvalue weighted by Crippen LogP contribution is -2.31. The molecule has 214 valence electrons. The van der Waals surface area contributed by atoms with E-state index in [2.05, 4.69) is 15.5 Å². The molecule has 1 fully saturated rings. The number of hydroxylamine groups is 1. The number of carbonyl (C=O) groups excluding carboxylic acids is 2. The quantitative estimate of drug-likeness (QED) is 0.0934. The number of benzene rings is 2. The number of aromatic nitrogens is 2. The van der Waals surface area contributed by atoms with Crippen LogP contribution in [0, 0.1) is 6.92 Å². The highest BCUT2D eigenvalue weighted by molar-refractivity contribution is 8.01. The van der Waals surface area contributed by atoms with Crippen LogP contribution in [0.2, 0.25) is 0 Å². The van der Waals surface area contributed by atoms with Crippen LogP contribution >= 0.6 is 23.1 Å². The summed E-state index contributed by atoms with van der Waals surface area (Å²) in [6, 6.07) is 15.2. The van der Waals surface area contributed by atoms with Gasteiger partial charge in [-0.25, -0.2) is 5.48 Å². The van der Waals surface area contributed by atoms with Gasteiger partial charge in [0.15, 0.2) is 10.6 Å². The molecule has 2 amide bonds. The summed E-state index contributed by atoms with van der Waals surface area (Å²) in [5.74, 6) is 0.191. The number of thioether (sulfide) groups is 1. The zero-order valence-electron chi connectivity index (χ0n) is 22.2. The van der Waals surface area contributed by atoms with Gasteiger partial charge in [0.05, 0.1) is 18.8 Å². The Morgan fingerprint density at radius 1 is 0.975 bits per heavy atom. The molecule has 12 heteroatoms. The molecule has 40 heavy (non-hydrogen) atoms. The molecular weight excluding hydrogens is 552 g/mol. The third kappa shape index (κ3) is 9.08. The van der Waals surface area contributed by atoms with E-state index in [0.717, 1.165) is 32.5 Å². The first-order chi connectivity index (χ1) is 19.4. The number of ether oxygens (including phenoxy) is 2. The van der Waals surface area contributed by atoms with Crippen molar-refractivity contribution in [3.8, 4) is 0 Å².